The lowest BCUT2D eigenvalue weighted by molar-refractivity contribution is -0.145. The summed E-state index contributed by atoms with van der Waals surface area (Å²) in [5.74, 6) is -2.59. The molecule has 0 unspecified atom stereocenters. The van der Waals surface area contributed by atoms with Crippen LogP contribution in [0.4, 0.5) is 16.2 Å². The Labute approximate surface area is 168 Å². The van der Waals surface area contributed by atoms with Gasteiger partial charge in [-0.2, -0.15) is 0 Å². The number of imide groups is 2. The van der Waals surface area contributed by atoms with Gasteiger partial charge in [0.15, 0.2) is 0 Å². The molecule has 29 heavy (non-hydrogen) atoms. The minimum absolute atomic E-state index is 0.120. The molecule has 154 valence electrons. The summed E-state index contributed by atoms with van der Waals surface area (Å²) in [7, 11) is 0. The van der Waals surface area contributed by atoms with Crippen LogP contribution < -0.4 is 10.6 Å². The summed E-state index contributed by atoms with van der Waals surface area (Å²) in [6.07, 6.45) is 3.49. The molecule has 0 bridgehead atoms. The number of hydrogen-bond donors (Lipinski definition) is 2. The molecule has 1 heterocycles. The Bertz CT molecular complexity index is 868. The number of rotatable bonds is 5. The summed E-state index contributed by atoms with van der Waals surface area (Å²) in [6.45, 7) is 2.78. The number of nitrogens with one attached hydrogen (secondary N) is 2. The highest BCUT2D eigenvalue weighted by Gasteiger charge is 2.49. The van der Waals surface area contributed by atoms with Gasteiger partial charge in [0, 0.05) is 24.3 Å². The van der Waals surface area contributed by atoms with Gasteiger partial charge in [-0.3, -0.25) is 24.1 Å². The van der Waals surface area contributed by atoms with Gasteiger partial charge >= 0.3 is 17.8 Å². The minimum Gasteiger partial charge on any atom is -0.326 e. The lowest BCUT2D eigenvalue weighted by Crippen LogP contribution is -2.46. The van der Waals surface area contributed by atoms with Crippen LogP contribution in [0.3, 0.4) is 0 Å². The largest absolute Gasteiger partial charge is 0.334 e. The van der Waals surface area contributed by atoms with E-state index in [4.69, 9.17) is 0 Å². The van der Waals surface area contributed by atoms with Crippen molar-refractivity contribution in [3.8, 4) is 0 Å². The molecule has 1 saturated carbocycles. The van der Waals surface area contributed by atoms with E-state index < -0.39 is 30.3 Å². The van der Waals surface area contributed by atoms with Crippen molar-refractivity contribution in [1.82, 2.24) is 9.80 Å². The monoisotopic (exact) mass is 400 g/mol. The Balaban J connectivity index is 1.67. The number of amides is 6. The van der Waals surface area contributed by atoms with E-state index in [-0.39, 0.29) is 17.9 Å². The fourth-order valence-corrected chi connectivity index (χ4v) is 3.86. The van der Waals surface area contributed by atoms with Crippen LogP contribution in [0.15, 0.2) is 24.3 Å². The van der Waals surface area contributed by atoms with Crippen molar-refractivity contribution in [1.29, 1.82) is 0 Å². The molecule has 1 aliphatic heterocycles. The topological polar surface area (TPSA) is 116 Å². The second-order valence-corrected chi connectivity index (χ2v) is 7.49. The van der Waals surface area contributed by atoms with Crippen LogP contribution >= 0.6 is 0 Å². The van der Waals surface area contributed by atoms with E-state index in [1.807, 2.05) is 6.92 Å². The minimum atomic E-state index is -0.977. The van der Waals surface area contributed by atoms with Crippen LogP contribution in [0.5, 0.6) is 0 Å². The molecule has 2 fully saturated rings. The molecular formula is C20H24N4O5. The van der Waals surface area contributed by atoms with Gasteiger partial charge in [0.25, 0.3) is 0 Å². The number of carbonyl (C=O) groups is 5. The number of nitrogens with zero attached hydrogens (tertiary/aromatic N) is 2. The van der Waals surface area contributed by atoms with Crippen molar-refractivity contribution < 1.29 is 24.0 Å². The van der Waals surface area contributed by atoms with Gasteiger partial charge in [-0.15, -0.1) is 0 Å². The third-order valence-electron chi connectivity index (χ3n) is 5.25. The third-order valence-corrected chi connectivity index (χ3v) is 5.25. The Morgan fingerprint density at radius 2 is 1.69 bits per heavy atom. The van der Waals surface area contributed by atoms with E-state index in [1.165, 1.54) is 6.92 Å². The maximum absolute atomic E-state index is 12.7. The van der Waals surface area contributed by atoms with Gasteiger partial charge in [0.05, 0.1) is 0 Å². The summed E-state index contributed by atoms with van der Waals surface area (Å²) in [6, 6.07) is 5.41. The van der Waals surface area contributed by atoms with Gasteiger partial charge in [0.2, 0.25) is 11.8 Å². The third kappa shape index (κ3) is 4.44. The Morgan fingerprint density at radius 3 is 2.34 bits per heavy atom. The van der Waals surface area contributed by atoms with Crippen molar-refractivity contribution in [2.24, 2.45) is 5.92 Å². The molecule has 0 spiro atoms. The quantitative estimate of drug-likeness (QED) is 0.579. The average molecular weight is 400 g/mol. The first-order valence-electron chi connectivity index (χ1n) is 9.64. The number of anilines is 2. The zero-order valence-corrected chi connectivity index (χ0v) is 16.4. The first-order valence-corrected chi connectivity index (χ1v) is 9.64. The van der Waals surface area contributed by atoms with Crippen molar-refractivity contribution in [3.63, 3.8) is 0 Å². The fraction of sp³-hybridized carbons (Fsp3) is 0.450. The molecule has 2 aliphatic rings. The molecule has 9 nitrogen and oxygen atoms in total. The van der Waals surface area contributed by atoms with Crippen LogP contribution in [0.1, 0.15) is 39.5 Å². The highest BCUT2D eigenvalue weighted by atomic mass is 16.2. The van der Waals surface area contributed by atoms with E-state index in [9.17, 15) is 24.0 Å². The number of urea groups is 1. The molecule has 1 aromatic rings. The van der Waals surface area contributed by atoms with Crippen LogP contribution in [-0.2, 0) is 19.2 Å². The molecule has 3 rings (SSSR count). The zero-order valence-electron chi connectivity index (χ0n) is 16.4. The predicted octanol–water partition coefficient (Wildman–Crippen LogP) is 1.95. The number of hydrogen-bond acceptors (Lipinski definition) is 5. The normalized spacial score (nSPS) is 22.1. The van der Waals surface area contributed by atoms with Crippen LogP contribution in [-0.4, -0.2) is 52.0 Å². The van der Waals surface area contributed by atoms with Gasteiger partial charge < -0.3 is 10.6 Å². The van der Waals surface area contributed by atoms with E-state index in [0.29, 0.717) is 22.7 Å². The van der Waals surface area contributed by atoms with Crippen molar-refractivity contribution in [3.05, 3.63) is 24.3 Å². The first-order chi connectivity index (χ1) is 13.8. The molecule has 2 atom stereocenters. The highest BCUT2D eigenvalue weighted by molar-refractivity contribution is 6.45. The molecule has 9 heteroatoms. The van der Waals surface area contributed by atoms with E-state index in [0.717, 1.165) is 24.2 Å². The van der Waals surface area contributed by atoms with Crippen LogP contribution in [0.25, 0.3) is 0 Å². The smallest absolute Gasteiger partial charge is 0.326 e. The summed E-state index contributed by atoms with van der Waals surface area (Å²) >= 11 is 0. The van der Waals surface area contributed by atoms with Gasteiger partial charge in [-0.1, -0.05) is 25.8 Å². The van der Waals surface area contributed by atoms with Crippen molar-refractivity contribution >= 4 is 41.0 Å². The molecule has 6 amide bonds. The lowest BCUT2D eigenvalue weighted by atomic mass is 9.85. The predicted molar refractivity (Wildman–Crippen MR) is 105 cm³/mol. The van der Waals surface area contributed by atoms with E-state index in [2.05, 4.69) is 10.6 Å². The number of carbonyl (C=O) groups excluding carboxylic acids is 5. The Kier molecular flexibility index (Phi) is 5.95. The van der Waals surface area contributed by atoms with Gasteiger partial charge in [-0.05, 0) is 37.0 Å². The molecule has 0 radical (unpaired) electrons. The standard InChI is InChI=1S/C20H24N4O5/c1-12-6-3-4-9-16(12)24-19(28)18(27)23(20(24)29)11-17(26)22-15-8-5-7-14(10-15)21-13(2)25/h5,7-8,10,12,16H,3-4,6,9,11H2,1-2H3,(H,21,25)(H,22,26)/t12-,16+/m0/s1. The molecule has 1 aliphatic carbocycles. The van der Waals surface area contributed by atoms with Crippen LogP contribution in [0, 0.1) is 5.92 Å². The fourth-order valence-electron chi connectivity index (χ4n) is 3.86. The Morgan fingerprint density at radius 1 is 1.03 bits per heavy atom. The van der Waals surface area contributed by atoms with E-state index >= 15 is 0 Å². The number of benzene rings is 1. The average Bonchev–Trinajstić information content (AvgIpc) is 2.85. The maximum Gasteiger partial charge on any atom is 0.334 e. The Hall–Kier alpha value is -3.23. The second-order valence-electron chi connectivity index (χ2n) is 7.49. The molecule has 1 saturated heterocycles. The van der Waals surface area contributed by atoms with Crippen molar-refractivity contribution in [2.45, 2.75) is 45.6 Å². The van der Waals surface area contributed by atoms with Gasteiger partial charge in [0.1, 0.15) is 6.54 Å². The zero-order chi connectivity index (χ0) is 21.1. The molecule has 2 N–H and O–H groups in total. The molecule has 0 aromatic heterocycles. The summed E-state index contributed by atoms with van der Waals surface area (Å²) < 4.78 is 0. The van der Waals surface area contributed by atoms with E-state index in [1.54, 1.807) is 24.3 Å². The second kappa shape index (κ2) is 8.42. The summed E-state index contributed by atoms with van der Waals surface area (Å²) in [4.78, 5) is 62.7. The molecular weight excluding hydrogens is 376 g/mol. The highest BCUT2D eigenvalue weighted by Crippen LogP contribution is 2.31. The van der Waals surface area contributed by atoms with Gasteiger partial charge in [-0.25, -0.2) is 9.69 Å². The summed E-state index contributed by atoms with van der Waals surface area (Å²) in [5.41, 5.74) is 0.890. The molecule has 1 aromatic carbocycles. The first kappa shape index (κ1) is 20.5. The summed E-state index contributed by atoms with van der Waals surface area (Å²) in [5, 5.41) is 5.17. The van der Waals surface area contributed by atoms with Crippen LogP contribution in [0.2, 0.25) is 0 Å². The maximum atomic E-state index is 12.7. The lowest BCUT2D eigenvalue weighted by Gasteiger charge is -2.34. The SMILES string of the molecule is CC(=O)Nc1cccc(NC(=O)CN2C(=O)C(=O)N([C@@H]3CCCC[C@@H]3C)C2=O)c1. The van der Waals surface area contributed by atoms with Crippen molar-refractivity contribution in [2.75, 3.05) is 17.2 Å².